The number of aromatic nitrogens is 2. The van der Waals surface area contributed by atoms with Gasteiger partial charge in [-0.05, 0) is 43.4 Å². The summed E-state index contributed by atoms with van der Waals surface area (Å²) in [4.78, 5) is 22.5. The molecule has 1 N–H and O–H groups in total. The van der Waals surface area contributed by atoms with E-state index in [0.29, 0.717) is 41.4 Å². The van der Waals surface area contributed by atoms with Crippen molar-refractivity contribution < 1.29 is 18.3 Å². The molecular weight excluding hydrogens is 461 g/mol. The van der Waals surface area contributed by atoms with E-state index >= 15 is 0 Å². The Labute approximate surface area is 195 Å². The van der Waals surface area contributed by atoms with Crippen LogP contribution in [0.2, 0.25) is 10.0 Å². The number of hydrogen-bond donors (Lipinski definition) is 1. The number of hydrogen-bond acceptors (Lipinski definition) is 4. The third kappa shape index (κ3) is 5.13. The molecule has 0 radical (unpaired) electrons. The average molecular weight is 485 g/mol. The Kier molecular flexibility index (Phi) is 6.83. The number of alkyl halides is 2. The number of fused-ring (bicyclic) bond motifs is 1. The largest absolute Gasteiger partial charge is 0.381 e. The van der Waals surface area contributed by atoms with Crippen LogP contribution in [0.15, 0.2) is 24.4 Å². The van der Waals surface area contributed by atoms with Gasteiger partial charge < -0.3 is 15.0 Å². The molecule has 172 valence electrons. The SMILES string of the molecule is C[C@@H](NC(=O)N1Cc2nc(CC3CCOCC3)ncc2C(F)(F)C1)c1ccc(Cl)c(Cl)c1. The summed E-state index contributed by atoms with van der Waals surface area (Å²) in [7, 11) is 0. The number of urea groups is 1. The van der Waals surface area contributed by atoms with Crippen LogP contribution in [0.3, 0.4) is 0 Å². The Bertz CT molecular complexity index is 1000. The standard InChI is InChI=1S/C22H24Cl2F2N4O2/c1-13(15-2-3-17(23)18(24)9-15)28-21(31)30-11-19-16(22(25,26)12-30)10-27-20(29-19)8-14-4-6-32-7-5-14/h2-3,9-10,13-14H,4-8,11-12H2,1H3,(H,28,31)/t13-/m1/s1. The van der Waals surface area contributed by atoms with Crippen LogP contribution in [-0.2, 0) is 23.6 Å². The van der Waals surface area contributed by atoms with Crippen molar-refractivity contribution in [2.75, 3.05) is 19.8 Å². The molecule has 2 aromatic rings. The predicted molar refractivity (Wildman–Crippen MR) is 117 cm³/mol. The minimum atomic E-state index is -3.23. The van der Waals surface area contributed by atoms with Crippen LogP contribution < -0.4 is 5.32 Å². The van der Waals surface area contributed by atoms with E-state index in [1.54, 1.807) is 25.1 Å². The van der Waals surface area contributed by atoms with Crippen molar-refractivity contribution >= 4 is 29.2 Å². The molecule has 6 nitrogen and oxygen atoms in total. The van der Waals surface area contributed by atoms with Crippen LogP contribution in [0.1, 0.15) is 48.5 Å². The quantitative estimate of drug-likeness (QED) is 0.652. The van der Waals surface area contributed by atoms with Crippen molar-refractivity contribution in [3.8, 4) is 0 Å². The minimum absolute atomic E-state index is 0.00581. The smallest absolute Gasteiger partial charge is 0.318 e. The van der Waals surface area contributed by atoms with Crippen molar-refractivity contribution in [1.82, 2.24) is 20.2 Å². The van der Waals surface area contributed by atoms with Crippen LogP contribution in [0, 0.1) is 5.92 Å². The van der Waals surface area contributed by atoms with Gasteiger partial charge in [-0.1, -0.05) is 29.3 Å². The molecule has 0 aliphatic carbocycles. The van der Waals surface area contributed by atoms with Crippen molar-refractivity contribution in [1.29, 1.82) is 0 Å². The van der Waals surface area contributed by atoms with E-state index in [-0.39, 0.29) is 17.8 Å². The van der Waals surface area contributed by atoms with Gasteiger partial charge >= 0.3 is 6.03 Å². The molecule has 1 aromatic heterocycles. The Morgan fingerprint density at radius 3 is 2.78 bits per heavy atom. The Balaban J connectivity index is 1.47. The number of carbonyl (C=O) groups is 1. The highest BCUT2D eigenvalue weighted by molar-refractivity contribution is 6.42. The Morgan fingerprint density at radius 2 is 2.06 bits per heavy atom. The first-order chi connectivity index (χ1) is 15.2. The first-order valence-corrected chi connectivity index (χ1v) is 11.3. The predicted octanol–water partition coefficient (Wildman–Crippen LogP) is 5.13. The van der Waals surface area contributed by atoms with Gasteiger partial charge in [0.2, 0.25) is 0 Å². The summed E-state index contributed by atoms with van der Waals surface area (Å²) >= 11 is 12.0. The fourth-order valence-corrected chi connectivity index (χ4v) is 4.34. The second kappa shape index (κ2) is 9.45. The van der Waals surface area contributed by atoms with Crippen molar-refractivity contribution in [2.45, 2.75) is 44.7 Å². The van der Waals surface area contributed by atoms with E-state index in [1.807, 2.05) is 0 Å². The number of ether oxygens (including phenoxy) is 1. The number of halogens is 4. The minimum Gasteiger partial charge on any atom is -0.381 e. The molecule has 0 spiro atoms. The lowest BCUT2D eigenvalue weighted by Gasteiger charge is -2.34. The summed E-state index contributed by atoms with van der Waals surface area (Å²) in [5, 5.41) is 3.52. The molecule has 0 unspecified atom stereocenters. The summed E-state index contributed by atoms with van der Waals surface area (Å²) in [6.07, 6.45) is 3.63. The summed E-state index contributed by atoms with van der Waals surface area (Å²) in [5.41, 5.74) is 0.698. The van der Waals surface area contributed by atoms with Gasteiger partial charge in [0.1, 0.15) is 5.82 Å². The van der Waals surface area contributed by atoms with Gasteiger partial charge in [0, 0.05) is 25.8 Å². The van der Waals surface area contributed by atoms with Crippen LogP contribution in [0.4, 0.5) is 13.6 Å². The zero-order valence-corrected chi connectivity index (χ0v) is 19.1. The van der Waals surface area contributed by atoms with Crippen molar-refractivity contribution in [3.05, 3.63) is 57.1 Å². The molecule has 10 heteroatoms. The van der Waals surface area contributed by atoms with E-state index < -0.39 is 24.5 Å². The Hall–Kier alpha value is -2.03. The van der Waals surface area contributed by atoms with Crippen LogP contribution in [0.25, 0.3) is 0 Å². The molecule has 32 heavy (non-hydrogen) atoms. The molecule has 3 heterocycles. The lowest BCUT2D eigenvalue weighted by Crippen LogP contribution is -2.49. The molecular formula is C22H24Cl2F2N4O2. The second-order valence-corrected chi connectivity index (χ2v) is 9.13. The fraction of sp³-hybridized carbons (Fsp3) is 0.500. The molecule has 1 aromatic carbocycles. The third-order valence-electron chi connectivity index (χ3n) is 5.92. The van der Waals surface area contributed by atoms with Crippen LogP contribution >= 0.6 is 23.2 Å². The van der Waals surface area contributed by atoms with Gasteiger partial charge in [-0.25, -0.2) is 14.8 Å². The van der Waals surface area contributed by atoms with Gasteiger partial charge in [-0.3, -0.25) is 0 Å². The molecule has 1 fully saturated rings. The molecule has 2 aliphatic heterocycles. The number of nitrogens with one attached hydrogen (secondary N) is 1. The first kappa shape index (κ1) is 23.1. The van der Waals surface area contributed by atoms with Gasteiger partial charge in [0.05, 0.1) is 40.4 Å². The van der Waals surface area contributed by atoms with E-state index in [1.165, 1.54) is 6.20 Å². The number of carbonyl (C=O) groups excluding carboxylic acids is 1. The molecule has 2 aliphatic rings. The van der Waals surface area contributed by atoms with Crippen molar-refractivity contribution in [2.24, 2.45) is 5.92 Å². The fourth-order valence-electron chi connectivity index (χ4n) is 4.04. The van der Waals surface area contributed by atoms with Crippen LogP contribution in [-0.4, -0.2) is 40.7 Å². The number of benzene rings is 1. The molecule has 4 rings (SSSR count). The molecule has 0 bridgehead atoms. The highest BCUT2D eigenvalue weighted by Crippen LogP contribution is 2.36. The molecule has 0 saturated carbocycles. The molecule has 2 amide bonds. The normalized spacial score (nSPS) is 19.3. The first-order valence-electron chi connectivity index (χ1n) is 10.5. The zero-order chi connectivity index (χ0) is 22.9. The van der Waals surface area contributed by atoms with E-state index in [9.17, 15) is 13.6 Å². The van der Waals surface area contributed by atoms with E-state index in [0.717, 1.165) is 23.3 Å². The highest BCUT2D eigenvalue weighted by Gasteiger charge is 2.43. The molecule has 1 atom stereocenters. The number of nitrogens with zero attached hydrogens (tertiary/aromatic N) is 3. The maximum Gasteiger partial charge on any atom is 0.318 e. The lowest BCUT2D eigenvalue weighted by molar-refractivity contribution is -0.0427. The summed E-state index contributed by atoms with van der Waals surface area (Å²) < 4.78 is 35.0. The second-order valence-electron chi connectivity index (χ2n) is 8.31. The molecule has 1 saturated heterocycles. The topological polar surface area (TPSA) is 67.4 Å². The maximum atomic E-state index is 14.8. The van der Waals surface area contributed by atoms with Gasteiger partial charge in [0.25, 0.3) is 5.92 Å². The summed E-state index contributed by atoms with van der Waals surface area (Å²) in [6.45, 7) is 2.40. The third-order valence-corrected chi connectivity index (χ3v) is 6.66. The van der Waals surface area contributed by atoms with E-state index in [4.69, 9.17) is 27.9 Å². The monoisotopic (exact) mass is 484 g/mol. The maximum absolute atomic E-state index is 14.8. The Morgan fingerprint density at radius 1 is 1.31 bits per heavy atom. The van der Waals surface area contributed by atoms with Gasteiger partial charge in [-0.2, -0.15) is 8.78 Å². The lowest BCUT2D eigenvalue weighted by atomic mass is 9.96. The van der Waals surface area contributed by atoms with E-state index in [2.05, 4.69) is 15.3 Å². The van der Waals surface area contributed by atoms with Crippen LogP contribution in [0.5, 0.6) is 0 Å². The number of amides is 2. The summed E-state index contributed by atoms with van der Waals surface area (Å²) in [6, 6.07) is 3.96. The average Bonchev–Trinajstić information content (AvgIpc) is 2.75. The zero-order valence-electron chi connectivity index (χ0n) is 17.6. The van der Waals surface area contributed by atoms with Gasteiger partial charge in [0.15, 0.2) is 0 Å². The van der Waals surface area contributed by atoms with Crippen molar-refractivity contribution in [3.63, 3.8) is 0 Å². The summed E-state index contributed by atoms with van der Waals surface area (Å²) in [5.74, 6) is -2.33. The number of rotatable bonds is 4. The highest BCUT2D eigenvalue weighted by atomic mass is 35.5. The van der Waals surface area contributed by atoms with Gasteiger partial charge in [-0.15, -0.1) is 0 Å².